The van der Waals surface area contributed by atoms with Crippen LogP contribution in [0, 0.1) is 5.92 Å². The highest BCUT2D eigenvalue weighted by Gasteiger charge is 2.09. The van der Waals surface area contributed by atoms with E-state index < -0.39 is 6.03 Å². The maximum absolute atomic E-state index is 12.2. The molecule has 0 aliphatic carbocycles. The Balaban J connectivity index is 1.98. The molecule has 0 saturated heterocycles. The number of urea groups is 1. The van der Waals surface area contributed by atoms with E-state index >= 15 is 0 Å². The van der Waals surface area contributed by atoms with Gasteiger partial charge in [-0.15, -0.1) is 0 Å². The van der Waals surface area contributed by atoms with Crippen molar-refractivity contribution in [1.29, 1.82) is 0 Å². The van der Waals surface area contributed by atoms with Gasteiger partial charge in [0.05, 0.1) is 0 Å². The average molecular weight is 340 g/mol. The van der Waals surface area contributed by atoms with Gasteiger partial charge in [0.2, 0.25) is 5.91 Å². The highest BCUT2D eigenvalue weighted by molar-refractivity contribution is 6.04. The van der Waals surface area contributed by atoms with Crippen molar-refractivity contribution in [1.82, 2.24) is 0 Å². The van der Waals surface area contributed by atoms with Gasteiger partial charge in [-0.1, -0.05) is 13.8 Å². The minimum absolute atomic E-state index is 0.0681. The molecule has 0 fully saturated rings. The van der Waals surface area contributed by atoms with Gasteiger partial charge in [-0.05, 0) is 48.5 Å². The van der Waals surface area contributed by atoms with Crippen molar-refractivity contribution in [3.63, 3.8) is 0 Å². The third kappa shape index (κ3) is 5.35. The summed E-state index contributed by atoms with van der Waals surface area (Å²) in [6.07, 6.45) is 0. The first-order valence-corrected chi connectivity index (χ1v) is 7.74. The number of carbonyl (C=O) groups excluding carboxylic acids is 3. The van der Waals surface area contributed by atoms with Crippen molar-refractivity contribution >= 4 is 34.9 Å². The van der Waals surface area contributed by atoms with Crippen LogP contribution in [0.1, 0.15) is 24.2 Å². The maximum Gasteiger partial charge on any atom is 0.316 e. The Hall–Kier alpha value is -3.35. The van der Waals surface area contributed by atoms with Gasteiger partial charge in [0, 0.05) is 28.5 Å². The number of hydrogen-bond acceptors (Lipinski definition) is 3. The molecule has 25 heavy (non-hydrogen) atoms. The lowest BCUT2D eigenvalue weighted by molar-refractivity contribution is -0.118. The molecule has 0 atom stereocenters. The minimum atomic E-state index is -0.665. The summed E-state index contributed by atoms with van der Waals surface area (Å²) in [6.45, 7) is 3.63. The third-order valence-corrected chi connectivity index (χ3v) is 3.35. The molecule has 7 heteroatoms. The Bertz CT molecular complexity index is 768. The second-order valence-electron chi connectivity index (χ2n) is 5.74. The second-order valence-corrected chi connectivity index (χ2v) is 5.74. The molecule has 7 nitrogen and oxygen atoms in total. The van der Waals surface area contributed by atoms with Crippen molar-refractivity contribution in [3.8, 4) is 0 Å². The van der Waals surface area contributed by atoms with Crippen LogP contribution in [0.3, 0.4) is 0 Å². The van der Waals surface area contributed by atoms with E-state index in [1.165, 1.54) is 0 Å². The number of amides is 4. The fourth-order valence-electron chi connectivity index (χ4n) is 1.97. The number of nitrogens with one attached hydrogen (secondary N) is 3. The summed E-state index contributed by atoms with van der Waals surface area (Å²) in [6, 6.07) is 12.5. The quantitative estimate of drug-likeness (QED) is 0.671. The zero-order valence-corrected chi connectivity index (χ0v) is 14.0. The van der Waals surface area contributed by atoms with E-state index in [9.17, 15) is 14.4 Å². The molecule has 0 unspecified atom stereocenters. The number of benzene rings is 2. The second kappa shape index (κ2) is 7.96. The van der Waals surface area contributed by atoms with Crippen LogP contribution < -0.4 is 21.7 Å². The lowest BCUT2D eigenvalue weighted by atomic mass is 10.2. The topological polar surface area (TPSA) is 113 Å². The Kier molecular flexibility index (Phi) is 5.73. The molecule has 0 aliphatic heterocycles. The average Bonchev–Trinajstić information content (AvgIpc) is 2.56. The van der Waals surface area contributed by atoms with Gasteiger partial charge in [0.25, 0.3) is 5.91 Å². The molecule has 2 aromatic carbocycles. The molecule has 0 heterocycles. The van der Waals surface area contributed by atoms with E-state index in [4.69, 9.17) is 5.73 Å². The van der Waals surface area contributed by atoms with Gasteiger partial charge >= 0.3 is 6.03 Å². The summed E-state index contributed by atoms with van der Waals surface area (Å²) >= 11 is 0. The predicted molar refractivity (Wildman–Crippen MR) is 97.5 cm³/mol. The highest BCUT2D eigenvalue weighted by Crippen LogP contribution is 2.16. The largest absolute Gasteiger partial charge is 0.351 e. The Labute approximate surface area is 145 Å². The lowest BCUT2D eigenvalue weighted by Crippen LogP contribution is -2.19. The number of nitrogens with two attached hydrogens (primary N) is 1. The molecule has 0 aliphatic rings. The van der Waals surface area contributed by atoms with E-state index in [-0.39, 0.29) is 17.7 Å². The zero-order valence-electron chi connectivity index (χ0n) is 14.0. The van der Waals surface area contributed by atoms with E-state index in [1.54, 1.807) is 48.5 Å². The van der Waals surface area contributed by atoms with Crippen LogP contribution in [-0.4, -0.2) is 17.8 Å². The minimum Gasteiger partial charge on any atom is -0.351 e. The van der Waals surface area contributed by atoms with Gasteiger partial charge in [-0.25, -0.2) is 4.79 Å². The number of primary amides is 1. The van der Waals surface area contributed by atoms with Gasteiger partial charge in [0.1, 0.15) is 0 Å². The molecular formula is C18H20N4O3. The van der Waals surface area contributed by atoms with Crippen molar-refractivity contribution < 1.29 is 14.4 Å². The van der Waals surface area contributed by atoms with E-state index in [0.717, 1.165) is 0 Å². The summed E-state index contributed by atoms with van der Waals surface area (Å²) in [5.74, 6) is -0.461. The highest BCUT2D eigenvalue weighted by atomic mass is 16.2. The van der Waals surface area contributed by atoms with Gasteiger partial charge < -0.3 is 21.7 Å². The smallest absolute Gasteiger partial charge is 0.316 e. The van der Waals surface area contributed by atoms with Crippen LogP contribution in [-0.2, 0) is 4.79 Å². The van der Waals surface area contributed by atoms with Crippen LogP contribution in [0.2, 0.25) is 0 Å². The number of hydrogen-bond donors (Lipinski definition) is 4. The molecule has 4 amide bonds. The predicted octanol–water partition coefficient (Wildman–Crippen LogP) is 3.02. The molecule has 0 aromatic heterocycles. The normalized spacial score (nSPS) is 10.2. The first-order valence-electron chi connectivity index (χ1n) is 7.74. The SMILES string of the molecule is CC(C)C(=O)Nc1ccc(NC(=O)c2ccc(NC(N)=O)cc2)cc1. The Morgan fingerprint density at radius 3 is 1.68 bits per heavy atom. The van der Waals surface area contributed by atoms with E-state index in [2.05, 4.69) is 16.0 Å². The summed E-state index contributed by atoms with van der Waals surface area (Å²) in [7, 11) is 0. The molecule has 130 valence electrons. The molecule has 0 radical (unpaired) electrons. The Morgan fingerprint density at radius 2 is 1.20 bits per heavy atom. The van der Waals surface area contributed by atoms with Gasteiger partial charge in [0.15, 0.2) is 0 Å². The number of rotatable bonds is 5. The van der Waals surface area contributed by atoms with Gasteiger partial charge in [-0.2, -0.15) is 0 Å². The van der Waals surface area contributed by atoms with Crippen molar-refractivity contribution in [2.75, 3.05) is 16.0 Å². The molecule has 2 rings (SSSR count). The summed E-state index contributed by atoms with van der Waals surface area (Å²) in [5, 5.41) is 7.96. The van der Waals surface area contributed by atoms with E-state index in [1.807, 2.05) is 13.8 Å². The standard InChI is InChI=1S/C18H20N4O3/c1-11(2)16(23)20-13-7-9-14(10-8-13)21-17(24)12-3-5-15(6-4-12)22-18(19)25/h3-11H,1-2H3,(H,20,23)(H,21,24)(H3,19,22,25). The molecule has 2 aromatic rings. The van der Waals surface area contributed by atoms with Crippen LogP contribution in [0.4, 0.5) is 21.9 Å². The monoisotopic (exact) mass is 340 g/mol. The molecule has 5 N–H and O–H groups in total. The zero-order chi connectivity index (χ0) is 18.4. The van der Waals surface area contributed by atoms with E-state index in [0.29, 0.717) is 22.6 Å². The molecular weight excluding hydrogens is 320 g/mol. The maximum atomic E-state index is 12.2. The first-order chi connectivity index (χ1) is 11.8. The fourth-order valence-corrected chi connectivity index (χ4v) is 1.97. The molecule has 0 spiro atoms. The van der Waals surface area contributed by atoms with Gasteiger partial charge in [-0.3, -0.25) is 9.59 Å². The summed E-state index contributed by atoms with van der Waals surface area (Å²) in [5.41, 5.74) is 7.24. The van der Waals surface area contributed by atoms with Crippen LogP contribution in [0.5, 0.6) is 0 Å². The Morgan fingerprint density at radius 1 is 0.760 bits per heavy atom. The number of carbonyl (C=O) groups is 3. The van der Waals surface area contributed by atoms with Crippen LogP contribution >= 0.6 is 0 Å². The van der Waals surface area contributed by atoms with Crippen molar-refractivity contribution in [2.45, 2.75) is 13.8 Å². The van der Waals surface area contributed by atoms with Crippen molar-refractivity contribution in [3.05, 3.63) is 54.1 Å². The summed E-state index contributed by atoms with van der Waals surface area (Å²) < 4.78 is 0. The first kappa shape index (κ1) is 18.0. The van der Waals surface area contributed by atoms with Crippen molar-refractivity contribution in [2.24, 2.45) is 11.7 Å². The summed E-state index contributed by atoms with van der Waals surface area (Å²) in [4.78, 5) is 34.6. The molecule has 0 bridgehead atoms. The van der Waals surface area contributed by atoms with Crippen LogP contribution in [0.25, 0.3) is 0 Å². The van der Waals surface area contributed by atoms with Crippen LogP contribution in [0.15, 0.2) is 48.5 Å². The number of anilines is 3. The molecule has 0 saturated carbocycles. The fraction of sp³-hybridized carbons (Fsp3) is 0.167. The lowest BCUT2D eigenvalue weighted by Gasteiger charge is -2.09. The third-order valence-electron chi connectivity index (χ3n) is 3.35.